The lowest BCUT2D eigenvalue weighted by Gasteiger charge is -2.40. The Kier molecular flexibility index (Phi) is 6.51. The van der Waals surface area contributed by atoms with E-state index in [1.807, 2.05) is 4.90 Å². The van der Waals surface area contributed by atoms with E-state index in [4.69, 9.17) is 0 Å². The van der Waals surface area contributed by atoms with Gasteiger partial charge in [0.05, 0.1) is 23.5 Å². The van der Waals surface area contributed by atoms with Crippen LogP contribution in [0.4, 0.5) is 37.6 Å². The molecule has 0 bridgehead atoms. The second-order valence-electron chi connectivity index (χ2n) is 8.70. The van der Waals surface area contributed by atoms with Gasteiger partial charge in [0.1, 0.15) is 11.7 Å². The number of carbonyl (C=O) groups excluding carboxylic acids is 1. The van der Waals surface area contributed by atoms with E-state index in [1.54, 1.807) is 31.2 Å². The van der Waals surface area contributed by atoms with E-state index in [-0.39, 0.29) is 17.5 Å². The maximum Gasteiger partial charge on any atom is 0.254 e. The number of hydrogen-bond acceptors (Lipinski definition) is 7. The molecule has 2 heterocycles. The highest BCUT2D eigenvalue weighted by atomic mass is 19.1. The molecule has 0 saturated carbocycles. The maximum atomic E-state index is 13.8. The fourth-order valence-corrected chi connectivity index (χ4v) is 3.86. The lowest BCUT2D eigenvalue weighted by atomic mass is 10.1. The second kappa shape index (κ2) is 9.54. The third-order valence-corrected chi connectivity index (χ3v) is 5.76. The van der Waals surface area contributed by atoms with Crippen LogP contribution in [0.3, 0.4) is 0 Å². The van der Waals surface area contributed by atoms with Crippen LogP contribution in [0.25, 0.3) is 0 Å². The molecule has 35 heavy (non-hydrogen) atoms. The number of aromatic hydroxyl groups is 1. The number of halogens is 2. The van der Waals surface area contributed by atoms with E-state index in [9.17, 15) is 23.9 Å². The summed E-state index contributed by atoms with van der Waals surface area (Å²) < 4.78 is 27.6. The molecule has 1 amide bonds. The molecule has 2 N–H and O–H groups in total. The number of phenolic OH excluding ortho intramolecular Hbond substituents is 1. The minimum Gasteiger partial charge on any atom is -0.503 e. The van der Waals surface area contributed by atoms with Crippen molar-refractivity contribution in [2.24, 2.45) is 5.92 Å². The van der Waals surface area contributed by atoms with Crippen LogP contribution in [-0.4, -0.2) is 33.6 Å². The lowest BCUT2D eigenvalue weighted by molar-refractivity contribution is -0.119. The molecule has 10 heteroatoms. The highest BCUT2D eigenvalue weighted by molar-refractivity contribution is 6.09. The molecule has 1 atom stereocenters. The van der Waals surface area contributed by atoms with Crippen LogP contribution < -0.4 is 15.1 Å². The van der Waals surface area contributed by atoms with Crippen LogP contribution in [0.1, 0.15) is 32.8 Å². The Hall–Kier alpha value is -4.26. The first-order valence-electron chi connectivity index (χ1n) is 11.1. The van der Waals surface area contributed by atoms with Gasteiger partial charge in [-0.2, -0.15) is 10.2 Å². The SMILES string of the molecule is CC(C)CCN1c2nc(Nc3cc(F)c(O)c(F)c3)ncc2N(c2cccc(C#N)c2)C(=O)[C@H]1C. The monoisotopic (exact) mass is 478 g/mol. The van der Waals surface area contributed by atoms with Crippen LogP contribution in [0.5, 0.6) is 5.75 Å². The summed E-state index contributed by atoms with van der Waals surface area (Å²) in [6.45, 7) is 6.51. The summed E-state index contributed by atoms with van der Waals surface area (Å²) in [7, 11) is 0. The average Bonchev–Trinajstić information content (AvgIpc) is 2.83. The fraction of sp³-hybridized carbons (Fsp3) is 0.280. The van der Waals surface area contributed by atoms with Crippen molar-refractivity contribution >= 4 is 34.7 Å². The van der Waals surface area contributed by atoms with Gasteiger partial charge in [-0.25, -0.2) is 13.8 Å². The van der Waals surface area contributed by atoms with E-state index >= 15 is 0 Å². The molecule has 0 aliphatic carbocycles. The molecule has 0 radical (unpaired) electrons. The maximum absolute atomic E-state index is 13.8. The zero-order valence-corrected chi connectivity index (χ0v) is 19.5. The summed E-state index contributed by atoms with van der Waals surface area (Å²) in [5.41, 5.74) is 1.37. The molecule has 1 aromatic heterocycles. The van der Waals surface area contributed by atoms with Crippen molar-refractivity contribution < 1.29 is 18.7 Å². The van der Waals surface area contributed by atoms with Gasteiger partial charge in [-0.15, -0.1) is 0 Å². The first-order chi connectivity index (χ1) is 16.7. The van der Waals surface area contributed by atoms with E-state index in [2.05, 4.69) is 35.2 Å². The molecule has 8 nitrogen and oxygen atoms in total. The van der Waals surface area contributed by atoms with Crippen LogP contribution in [0.2, 0.25) is 0 Å². The number of nitrogens with zero attached hydrogens (tertiary/aromatic N) is 5. The van der Waals surface area contributed by atoms with E-state index in [1.165, 1.54) is 11.1 Å². The Morgan fingerprint density at radius 2 is 1.94 bits per heavy atom. The Morgan fingerprint density at radius 1 is 1.23 bits per heavy atom. The zero-order valence-electron chi connectivity index (χ0n) is 19.5. The van der Waals surface area contributed by atoms with Gasteiger partial charge in [-0.1, -0.05) is 19.9 Å². The summed E-state index contributed by atoms with van der Waals surface area (Å²) in [5.74, 6) is -2.58. The molecule has 3 aromatic rings. The number of hydrogen-bond donors (Lipinski definition) is 2. The quantitative estimate of drug-likeness (QED) is 0.481. The van der Waals surface area contributed by atoms with Crippen LogP contribution in [-0.2, 0) is 4.79 Å². The largest absolute Gasteiger partial charge is 0.503 e. The fourth-order valence-electron chi connectivity index (χ4n) is 3.86. The van der Waals surface area contributed by atoms with Crippen molar-refractivity contribution in [3.63, 3.8) is 0 Å². The van der Waals surface area contributed by atoms with E-state index in [0.717, 1.165) is 18.6 Å². The Balaban J connectivity index is 1.79. The third kappa shape index (κ3) is 4.71. The van der Waals surface area contributed by atoms with Crippen molar-refractivity contribution in [3.8, 4) is 11.8 Å². The normalized spacial score (nSPS) is 15.2. The molecule has 2 aromatic carbocycles. The van der Waals surface area contributed by atoms with Gasteiger partial charge in [-0.3, -0.25) is 9.69 Å². The molecular formula is C25H24F2N6O2. The topological polar surface area (TPSA) is 105 Å². The predicted octanol–water partition coefficient (Wildman–Crippen LogP) is 4.99. The second-order valence-corrected chi connectivity index (χ2v) is 8.70. The summed E-state index contributed by atoms with van der Waals surface area (Å²) in [6.07, 6.45) is 2.27. The lowest BCUT2D eigenvalue weighted by Crippen LogP contribution is -2.51. The Labute approximate surface area is 201 Å². The number of anilines is 5. The molecule has 0 saturated heterocycles. The van der Waals surface area contributed by atoms with Gasteiger partial charge in [0.15, 0.2) is 23.2 Å². The zero-order chi connectivity index (χ0) is 25.3. The van der Waals surface area contributed by atoms with Crippen molar-refractivity contribution in [1.82, 2.24) is 9.97 Å². The summed E-state index contributed by atoms with van der Waals surface area (Å²) in [6, 6.07) is 10.1. The van der Waals surface area contributed by atoms with Crippen molar-refractivity contribution in [2.45, 2.75) is 33.2 Å². The smallest absolute Gasteiger partial charge is 0.254 e. The summed E-state index contributed by atoms with van der Waals surface area (Å²) >= 11 is 0. The average molecular weight is 479 g/mol. The molecule has 0 unspecified atom stereocenters. The molecular weight excluding hydrogens is 454 g/mol. The van der Waals surface area contributed by atoms with Gasteiger partial charge < -0.3 is 15.3 Å². The molecule has 4 rings (SSSR count). The summed E-state index contributed by atoms with van der Waals surface area (Å²) in [4.78, 5) is 25.7. The van der Waals surface area contributed by atoms with Gasteiger partial charge in [0, 0.05) is 24.4 Å². The van der Waals surface area contributed by atoms with Gasteiger partial charge in [-0.05, 0) is 37.5 Å². The van der Waals surface area contributed by atoms with E-state index < -0.39 is 23.4 Å². The van der Waals surface area contributed by atoms with Gasteiger partial charge in [0.25, 0.3) is 5.91 Å². The minimum absolute atomic E-state index is 0.0185. The molecule has 0 spiro atoms. The highest BCUT2D eigenvalue weighted by Gasteiger charge is 2.38. The third-order valence-electron chi connectivity index (χ3n) is 5.76. The molecule has 180 valence electrons. The number of aromatic nitrogens is 2. The number of benzene rings is 2. The van der Waals surface area contributed by atoms with Crippen LogP contribution >= 0.6 is 0 Å². The number of nitriles is 1. The van der Waals surface area contributed by atoms with Crippen molar-refractivity contribution in [3.05, 3.63) is 59.8 Å². The number of carbonyl (C=O) groups is 1. The number of phenols is 1. The van der Waals surface area contributed by atoms with Crippen LogP contribution in [0.15, 0.2) is 42.6 Å². The first-order valence-corrected chi connectivity index (χ1v) is 11.1. The van der Waals surface area contributed by atoms with Crippen molar-refractivity contribution in [1.29, 1.82) is 5.26 Å². The van der Waals surface area contributed by atoms with Crippen LogP contribution in [0, 0.1) is 28.9 Å². The van der Waals surface area contributed by atoms with Crippen molar-refractivity contribution in [2.75, 3.05) is 21.7 Å². The first kappa shape index (κ1) is 23.9. The Bertz CT molecular complexity index is 1300. The minimum atomic E-state index is -1.12. The summed E-state index contributed by atoms with van der Waals surface area (Å²) in [5, 5.41) is 21.4. The Morgan fingerprint density at radius 3 is 2.60 bits per heavy atom. The number of fused-ring (bicyclic) bond motifs is 1. The molecule has 0 fully saturated rings. The molecule has 1 aliphatic rings. The van der Waals surface area contributed by atoms with E-state index in [0.29, 0.717) is 35.2 Å². The molecule has 1 aliphatic heterocycles. The highest BCUT2D eigenvalue weighted by Crippen LogP contribution is 2.40. The number of rotatable bonds is 6. The predicted molar refractivity (Wildman–Crippen MR) is 128 cm³/mol. The standard InChI is InChI=1S/C25H24F2N6O2/c1-14(2)7-8-32-15(3)24(35)33(18-6-4-5-16(9-18)12-28)21-13-29-25(31-23(21)32)30-17-10-19(26)22(34)20(27)11-17/h4-6,9-11,13-15,34H,7-8H2,1-3H3,(H,29,30,31)/t15-/m1/s1. The van der Waals surface area contributed by atoms with Gasteiger partial charge in [0.2, 0.25) is 5.95 Å². The van der Waals surface area contributed by atoms with Gasteiger partial charge >= 0.3 is 0 Å². The number of nitrogens with one attached hydrogen (secondary N) is 1. The number of amides is 1.